The van der Waals surface area contributed by atoms with E-state index >= 15 is 0 Å². The van der Waals surface area contributed by atoms with Crippen LogP contribution in [0.2, 0.25) is 0 Å². The molecule has 0 bridgehead atoms. The molecule has 0 heterocycles. The van der Waals surface area contributed by atoms with Gasteiger partial charge in [-0.3, -0.25) is 9.59 Å². The molecule has 106 valence electrons. The molecular weight excluding hydrogens is 226 g/mol. The molecule has 0 fully saturated rings. The van der Waals surface area contributed by atoms with Gasteiger partial charge in [0.25, 0.3) is 0 Å². The summed E-state index contributed by atoms with van der Waals surface area (Å²) in [6.07, 6.45) is 11.9. The highest BCUT2D eigenvalue weighted by Crippen LogP contribution is 2.10. The first kappa shape index (κ1) is 17.1. The summed E-state index contributed by atoms with van der Waals surface area (Å²) in [7, 11) is 1.56. The van der Waals surface area contributed by atoms with Crippen molar-refractivity contribution in [2.75, 3.05) is 7.05 Å². The lowest BCUT2D eigenvalue weighted by Crippen LogP contribution is -2.21. The molecule has 0 saturated heterocycles. The van der Waals surface area contributed by atoms with Crippen LogP contribution in [-0.2, 0) is 9.59 Å². The van der Waals surface area contributed by atoms with Gasteiger partial charge in [0.15, 0.2) is 0 Å². The van der Waals surface area contributed by atoms with Crippen molar-refractivity contribution in [3.63, 3.8) is 0 Å². The van der Waals surface area contributed by atoms with E-state index < -0.39 is 0 Å². The molecule has 0 atom stereocenters. The van der Waals surface area contributed by atoms with Gasteiger partial charge in [0.1, 0.15) is 5.78 Å². The number of hydrogen-bond donors (Lipinski definition) is 1. The van der Waals surface area contributed by atoms with Crippen LogP contribution in [0.1, 0.15) is 77.6 Å². The number of ketones is 1. The van der Waals surface area contributed by atoms with Crippen molar-refractivity contribution >= 4 is 11.7 Å². The Morgan fingerprint density at radius 1 is 0.833 bits per heavy atom. The molecule has 0 aliphatic rings. The van der Waals surface area contributed by atoms with Gasteiger partial charge in [0.2, 0.25) is 5.91 Å². The molecule has 18 heavy (non-hydrogen) atoms. The molecule has 0 rings (SSSR count). The fraction of sp³-hybridized carbons (Fsp3) is 0.867. The number of hydrogen-bond acceptors (Lipinski definition) is 2. The van der Waals surface area contributed by atoms with Gasteiger partial charge < -0.3 is 5.32 Å². The lowest BCUT2D eigenvalue weighted by molar-refractivity contribution is -0.127. The second-order valence-corrected chi connectivity index (χ2v) is 4.97. The van der Waals surface area contributed by atoms with Gasteiger partial charge in [-0.1, -0.05) is 58.3 Å². The molecule has 1 amide bonds. The normalized spacial score (nSPS) is 10.3. The fourth-order valence-electron chi connectivity index (χ4n) is 1.99. The predicted molar refractivity (Wildman–Crippen MR) is 75.5 cm³/mol. The van der Waals surface area contributed by atoms with E-state index in [1.807, 2.05) is 0 Å². The van der Waals surface area contributed by atoms with E-state index in [1.165, 1.54) is 44.9 Å². The zero-order valence-corrected chi connectivity index (χ0v) is 12.1. The molecule has 1 N–H and O–H groups in total. The van der Waals surface area contributed by atoms with Crippen LogP contribution >= 0.6 is 0 Å². The second kappa shape index (κ2) is 12.6. The topological polar surface area (TPSA) is 46.2 Å². The number of unbranched alkanes of at least 4 members (excludes halogenated alkanes) is 8. The Balaban J connectivity index is 3.20. The number of carbonyl (C=O) groups is 2. The first-order valence-electron chi connectivity index (χ1n) is 7.43. The van der Waals surface area contributed by atoms with Crippen molar-refractivity contribution in [2.24, 2.45) is 0 Å². The monoisotopic (exact) mass is 255 g/mol. The average Bonchev–Trinajstić information content (AvgIpc) is 2.36. The Bertz CT molecular complexity index is 227. The third-order valence-electron chi connectivity index (χ3n) is 3.20. The van der Waals surface area contributed by atoms with Crippen molar-refractivity contribution in [2.45, 2.75) is 77.6 Å². The Kier molecular flexibility index (Phi) is 12.0. The summed E-state index contributed by atoms with van der Waals surface area (Å²) in [5.41, 5.74) is 0. The molecular formula is C15H29NO2. The van der Waals surface area contributed by atoms with Gasteiger partial charge in [0, 0.05) is 13.5 Å². The summed E-state index contributed by atoms with van der Waals surface area (Å²) < 4.78 is 0. The highest BCUT2D eigenvalue weighted by Gasteiger charge is 2.06. The standard InChI is InChI=1S/C15H29NO2/c1-3-4-5-6-7-8-9-10-11-12-14(17)13-15(18)16-2/h3-13H2,1-2H3,(H,16,18). The van der Waals surface area contributed by atoms with Crippen LogP contribution in [0, 0.1) is 0 Å². The molecule has 0 aromatic carbocycles. The molecule has 0 aromatic heterocycles. The van der Waals surface area contributed by atoms with E-state index in [9.17, 15) is 9.59 Å². The van der Waals surface area contributed by atoms with Crippen LogP contribution in [0.4, 0.5) is 0 Å². The molecule has 3 nitrogen and oxygen atoms in total. The van der Waals surface area contributed by atoms with Crippen molar-refractivity contribution < 1.29 is 9.59 Å². The van der Waals surface area contributed by atoms with E-state index in [2.05, 4.69) is 12.2 Å². The van der Waals surface area contributed by atoms with Crippen molar-refractivity contribution in [1.29, 1.82) is 0 Å². The van der Waals surface area contributed by atoms with Crippen molar-refractivity contribution in [3.8, 4) is 0 Å². The first-order chi connectivity index (χ1) is 8.70. The van der Waals surface area contributed by atoms with Crippen LogP contribution in [0.3, 0.4) is 0 Å². The fourth-order valence-corrected chi connectivity index (χ4v) is 1.99. The number of rotatable bonds is 12. The first-order valence-corrected chi connectivity index (χ1v) is 7.43. The Labute approximate surface area is 112 Å². The zero-order valence-electron chi connectivity index (χ0n) is 12.1. The summed E-state index contributed by atoms with van der Waals surface area (Å²) in [6, 6.07) is 0. The van der Waals surface area contributed by atoms with Gasteiger partial charge in [-0.2, -0.15) is 0 Å². The summed E-state index contributed by atoms with van der Waals surface area (Å²) >= 11 is 0. The van der Waals surface area contributed by atoms with Gasteiger partial charge in [-0.05, 0) is 6.42 Å². The van der Waals surface area contributed by atoms with E-state index in [-0.39, 0.29) is 18.1 Å². The molecule has 0 aromatic rings. The Morgan fingerprint density at radius 2 is 1.33 bits per heavy atom. The molecule has 0 unspecified atom stereocenters. The molecule has 0 radical (unpaired) electrons. The highest BCUT2D eigenvalue weighted by atomic mass is 16.2. The van der Waals surface area contributed by atoms with E-state index in [1.54, 1.807) is 7.05 Å². The molecule has 3 heteroatoms. The van der Waals surface area contributed by atoms with Crippen molar-refractivity contribution in [3.05, 3.63) is 0 Å². The lowest BCUT2D eigenvalue weighted by atomic mass is 10.0. The minimum Gasteiger partial charge on any atom is -0.359 e. The maximum atomic E-state index is 11.4. The summed E-state index contributed by atoms with van der Waals surface area (Å²) in [6.45, 7) is 2.23. The average molecular weight is 255 g/mol. The number of amides is 1. The van der Waals surface area contributed by atoms with Crippen LogP contribution in [0.25, 0.3) is 0 Å². The number of carbonyl (C=O) groups excluding carboxylic acids is 2. The summed E-state index contributed by atoms with van der Waals surface area (Å²) in [5, 5.41) is 2.47. The molecule has 0 aliphatic heterocycles. The van der Waals surface area contributed by atoms with Crippen molar-refractivity contribution in [1.82, 2.24) is 5.32 Å². The van der Waals surface area contributed by atoms with Crippen LogP contribution in [-0.4, -0.2) is 18.7 Å². The maximum absolute atomic E-state index is 11.4. The highest BCUT2D eigenvalue weighted by molar-refractivity contribution is 5.97. The molecule has 0 saturated carbocycles. The number of nitrogens with one attached hydrogen (secondary N) is 1. The number of Topliss-reactive ketones (excluding diaryl/α,β-unsaturated/α-hetero) is 1. The van der Waals surface area contributed by atoms with Gasteiger partial charge in [-0.15, -0.1) is 0 Å². The van der Waals surface area contributed by atoms with E-state index in [4.69, 9.17) is 0 Å². The molecule has 0 aliphatic carbocycles. The Morgan fingerprint density at radius 3 is 1.83 bits per heavy atom. The van der Waals surface area contributed by atoms with Gasteiger partial charge in [-0.25, -0.2) is 0 Å². The van der Waals surface area contributed by atoms with E-state index in [0.717, 1.165) is 12.8 Å². The van der Waals surface area contributed by atoms with Gasteiger partial charge >= 0.3 is 0 Å². The minimum atomic E-state index is -0.170. The van der Waals surface area contributed by atoms with Crippen LogP contribution in [0.15, 0.2) is 0 Å². The summed E-state index contributed by atoms with van der Waals surface area (Å²) in [5.74, 6) is -0.104. The Hall–Kier alpha value is -0.860. The second-order valence-electron chi connectivity index (χ2n) is 4.97. The smallest absolute Gasteiger partial charge is 0.227 e. The van der Waals surface area contributed by atoms with E-state index in [0.29, 0.717) is 6.42 Å². The van der Waals surface area contributed by atoms with Crippen LogP contribution in [0.5, 0.6) is 0 Å². The lowest BCUT2D eigenvalue weighted by Gasteiger charge is -2.02. The third-order valence-corrected chi connectivity index (χ3v) is 3.20. The quantitative estimate of drug-likeness (QED) is 0.428. The maximum Gasteiger partial charge on any atom is 0.227 e. The zero-order chi connectivity index (χ0) is 13.6. The molecule has 0 spiro atoms. The third kappa shape index (κ3) is 11.6. The van der Waals surface area contributed by atoms with Gasteiger partial charge in [0.05, 0.1) is 6.42 Å². The minimum absolute atomic E-state index is 0.0491. The summed E-state index contributed by atoms with van der Waals surface area (Å²) in [4.78, 5) is 22.3. The predicted octanol–water partition coefficient (Wildman–Crippen LogP) is 3.61. The van der Waals surface area contributed by atoms with Crippen LogP contribution < -0.4 is 5.32 Å². The largest absolute Gasteiger partial charge is 0.359 e. The SMILES string of the molecule is CCCCCCCCCCCC(=O)CC(=O)NC.